The number of nitrogens with zero attached hydrogens (tertiary/aromatic N) is 4. The predicted octanol–water partition coefficient (Wildman–Crippen LogP) is 2.99. The fourth-order valence-electron chi connectivity index (χ4n) is 4.27. The zero-order valence-electron chi connectivity index (χ0n) is 17.1. The van der Waals surface area contributed by atoms with Gasteiger partial charge in [-0.25, -0.2) is 9.37 Å². The van der Waals surface area contributed by atoms with E-state index in [1.165, 1.54) is 19.4 Å². The summed E-state index contributed by atoms with van der Waals surface area (Å²) in [6.45, 7) is 1.84. The van der Waals surface area contributed by atoms with Crippen molar-refractivity contribution in [3.63, 3.8) is 0 Å². The summed E-state index contributed by atoms with van der Waals surface area (Å²) in [6.07, 6.45) is 2.44. The predicted molar refractivity (Wildman–Crippen MR) is 116 cm³/mol. The fraction of sp³-hybridized carbons (Fsp3) is 0.261. The van der Waals surface area contributed by atoms with Gasteiger partial charge < -0.3 is 15.4 Å². The summed E-state index contributed by atoms with van der Waals surface area (Å²) in [5, 5.41) is 0. The highest BCUT2D eigenvalue weighted by atomic mass is 19.1. The monoisotopic (exact) mass is 419 g/mol. The first-order valence-corrected chi connectivity index (χ1v) is 10.2. The normalized spacial score (nSPS) is 17.9. The van der Waals surface area contributed by atoms with Gasteiger partial charge in [-0.3, -0.25) is 14.7 Å². The van der Waals surface area contributed by atoms with Crippen molar-refractivity contribution in [2.24, 2.45) is 5.73 Å². The smallest absolute Gasteiger partial charge is 0.260 e. The minimum absolute atomic E-state index is 0.132. The standard InChI is InChI=1S/C23H22FN5O2/c1-31-18-5-2-4-17(24)21(18)22-16-13-29(23(30)15(16)8-10-26-22)20-7-3-6-19(27-20)28-11-9-14(25)12-28/h2-8,10,14H,9,11-13,25H2,1H3. The van der Waals surface area contributed by atoms with E-state index in [9.17, 15) is 9.18 Å². The van der Waals surface area contributed by atoms with Crippen LogP contribution < -0.4 is 20.3 Å². The molecular formula is C23H22FN5O2. The van der Waals surface area contributed by atoms with Crippen molar-refractivity contribution >= 4 is 17.5 Å². The summed E-state index contributed by atoms with van der Waals surface area (Å²) in [5.41, 5.74) is 7.84. The van der Waals surface area contributed by atoms with E-state index in [1.54, 1.807) is 29.2 Å². The summed E-state index contributed by atoms with van der Waals surface area (Å²) in [4.78, 5) is 26.0. The fourth-order valence-corrected chi connectivity index (χ4v) is 4.27. The number of hydrogen-bond acceptors (Lipinski definition) is 6. The Morgan fingerprint density at radius 3 is 2.74 bits per heavy atom. The molecule has 0 spiro atoms. The Kier molecular flexibility index (Phi) is 4.78. The van der Waals surface area contributed by atoms with Crippen molar-refractivity contribution in [1.82, 2.24) is 9.97 Å². The topological polar surface area (TPSA) is 84.6 Å². The van der Waals surface area contributed by atoms with Crippen LogP contribution in [-0.2, 0) is 6.54 Å². The summed E-state index contributed by atoms with van der Waals surface area (Å²) in [6, 6.07) is 12.0. The molecule has 2 aliphatic heterocycles. The molecule has 8 heteroatoms. The lowest BCUT2D eigenvalue weighted by Gasteiger charge is -2.20. The van der Waals surface area contributed by atoms with E-state index in [0.29, 0.717) is 28.4 Å². The molecule has 2 aliphatic rings. The molecular weight excluding hydrogens is 397 g/mol. The molecule has 0 saturated carbocycles. The lowest BCUT2D eigenvalue weighted by molar-refractivity contribution is 0.0996. The highest BCUT2D eigenvalue weighted by molar-refractivity contribution is 6.10. The maximum atomic E-state index is 14.7. The molecule has 1 aromatic carbocycles. The highest BCUT2D eigenvalue weighted by Crippen LogP contribution is 2.38. The summed E-state index contributed by atoms with van der Waals surface area (Å²) in [5.74, 6) is 1.08. The molecule has 2 aromatic heterocycles. The number of methoxy groups -OCH3 is 1. The first-order chi connectivity index (χ1) is 15.1. The number of fused-ring (bicyclic) bond motifs is 1. The number of benzene rings is 1. The van der Waals surface area contributed by atoms with Gasteiger partial charge in [0.2, 0.25) is 0 Å². The Labute approximate surface area is 179 Å². The summed E-state index contributed by atoms with van der Waals surface area (Å²) < 4.78 is 20.1. The maximum absolute atomic E-state index is 14.7. The Hall–Kier alpha value is -3.52. The molecule has 1 unspecified atom stereocenters. The van der Waals surface area contributed by atoms with Gasteiger partial charge in [0, 0.05) is 36.5 Å². The minimum Gasteiger partial charge on any atom is -0.496 e. The molecule has 0 bridgehead atoms. The van der Waals surface area contributed by atoms with E-state index in [1.807, 2.05) is 12.1 Å². The van der Waals surface area contributed by atoms with Gasteiger partial charge in [-0.1, -0.05) is 12.1 Å². The number of halogens is 1. The summed E-state index contributed by atoms with van der Waals surface area (Å²) in [7, 11) is 1.48. The van der Waals surface area contributed by atoms with Crippen molar-refractivity contribution in [2.45, 2.75) is 19.0 Å². The second kappa shape index (κ2) is 7.63. The Balaban J connectivity index is 1.53. The molecule has 0 radical (unpaired) electrons. The van der Waals surface area contributed by atoms with Gasteiger partial charge in [-0.15, -0.1) is 0 Å². The average Bonchev–Trinajstić information content (AvgIpc) is 3.37. The number of carbonyl (C=O) groups is 1. The third-order valence-electron chi connectivity index (χ3n) is 5.82. The van der Waals surface area contributed by atoms with Crippen LogP contribution in [0.4, 0.5) is 16.0 Å². The van der Waals surface area contributed by atoms with E-state index < -0.39 is 5.82 Å². The number of hydrogen-bond donors (Lipinski definition) is 1. The molecule has 1 fully saturated rings. The molecule has 1 atom stereocenters. The lowest BCUT2D eigenvalue weighted by atomic mass is 10.0. The molecule has 158 valence electrons. The lowest BCUT2D eigenvalue weighted by Crippen LogP contribution is -2.28. The average molecular weight is 419 g/mol. The number of pyridine rings is 2. The number of rotatable bonds is 4. The van der Waals surface area contributed by atoms with Gasteiger partial charge in [-0.2, -0.15) is 0 Å². The SMILES string of the molecule is COc1cccc(F)c1-c1nccc2c1CN(c1cccc(N3CCC(N)C3)n1)C2=O. The number of aromatic nitrogens is 2. The second-order valence-corrected chi connectivity index (χ2v) is 7.74. The molecule has 0 aliphatic carbocycles. The van der Waals surface area contributed by atoms with Crippen LogP contribution >= 0.6 is 0 Å². The van der Waals surface area contributed by atoms with E-state index in [2.05, 4.69) is 9.88 Å². The van der Waals surface area contributed by atoms with Crippen LogP contribution in [0.3, 0.4) is 0 Å². The number of ether oxygens (including phenoxy) is 1. The molecule has 2 N–H and O–H groups in total. The molecule has 1 amide bonds. The van der Waals surface area contributed by atoms with E-state index in [0.717, 1.165) is 25.3 Å². The Morgan fingerprint density at radius 2 is 1.97 bits per heavy atom. The Morgan fingerprint density at radius 1 is 1.16 bits per heavy atom. The first-order valence-electron chi connectivity index (χ1n) is 10.2. The zero-order valence-corrected chi connectivity index (χ0v) is 17.1. The van der Waals surface area contributed by atoms with Crippen LogP contribution in [0.15, 0.2) is 48.7 Å². The van der Waals surface area contributed by atoms with Crippen molar-refractivity contribution in [3.8, 4) is 17.0 Å². The van der Waals surface area contributed by atoms with E-state index >= 15 is 0 Å². The van der Waals surface area contributed by atoms with Gasteiger partial charge in [0.25, 0.3) is 5.91 Å². The van der Waals surface area contributed by atoms with E-state index in [-0.39, 0.29) is 24.1 Å². The second-order valence-electron chi connectivity index (χ2n) is 7.74. The zero-order chi connectivity index (χ0) is 21.5. The maximum Gasteiger partial charge on any atom is 0.260 e. The number of amides is 1. The minimum atomic E-state index is -0.448. The number of nitrogens with two attached hydrogens (primary N) is 1. The molecule has 5 rings (SSSR count). The van der Waals surface area contributed by atoms with Crippen LogP contribution in [0.25, 0.3) is 11.3 Å². The van der Waals surface area contributed by atoms with Gasteiger partial charge >= 0.3 is 0 Å². The molecule has 4 heterocycles. The van der Waals surface area contributed by atoms with Crippen molar-refractivity contribution in [3.05, 3.63) is 65.6 Å². The van der Waals surface area contributed by atoms with Crippen molar-refractivity contribution < 1.29 is 13.9 Å². The Bertz CT molecular complexity index is 1170. The van der Waals surface area contributed by atoms with Crippen molar-refractivity contribution in [1.29, 1.82) is 0 Å². The third-order valence-corrected chi connectivity index (χ3v) is 5.82. The molecule has 1 saturated heterocycles. The molecule has 7 nitrogen and oxygen atoms in total. The number of carbonyl (C=O) groups excluding carboxylic acids is 1. The van der Waals surface area contributed by atoms with Crippen LogP contribution in [0.1, 0.15) is 22.3 Å². The van der Waals surface area contributed by atoms with Gasteiger partial charge in [0.1, 0.15) is 23.2 Å². The number of anilines is 2. The van der Waals surface area contributed by atoms with Crippen molar-refractivity contribution in [2.75, 3.05) is 30.0 Å². The third kappa shape index (κ3) is 3.29. The summed E-state index contributed by atoms with van der Waals surface area (Å²) >= 11 is 0. The van der Waals surface area contributed by atoms with E-state index in [4.69, 9.17) is 15.5 Å². The van der Waals surface area contributed by atoms with Crippen LogP contribution in [-0.4, -0.2) is 42.1 Å². The van der Waals surface area contributed by atoms with Crippen LogP contribution in [0.5, 0.6) is 5.75 Å². The largest absolute Gasteiger partial charge is 0.496 e. The molecule has 31 heavy (non-hydrogen) atoms. The molecule has 3 aromatic rings. The van der Waals surface area contributed by atoms with Crippen LogP contribution in [0.2, 0.25) is 0 Å². The van der Waals surface area contributed by atoms with Gasteiger partial charge in [0.15, 0.2) is 0 Å². The first kappa shape index (κ1) is 19.4. The highest BCUT2D eigenvalue weighted by Gasteiger charge is 2.34. The van der Waals surface area contributed by atoms with Crippen LogP contribution in [0, 0.1) is 5.82 Å². The van der Waals surface area contributed by atoms with Gasteiger partial charge in [0.05, 0.1) is 24.9 Å². The quantitative estimate of drug-likeness (QED) is 0.700. The van der Waals surface area contributed by atoms with Gasteiger partial charge in [-0.05, 0) is 36.8 Å².